The molecule has 32 heavy (non-hydrogen) atoms. The van der Waals surface area contributed by atoms with Gasteiger partial charge in [-0.15, -0.1) is 0 Å². The maximum Gasteiger partial charge on any atom is 1.00 e. The number of aromatic nitrogens is 2. The van der Waals surface area contributed by atoms with Gasteiger partial charge in [-0.2, -0.15) is 0 Å². The van der Waals surface area contributed by atoms with Gasteiger partial charge in [0, 0.05) is 30.2 Å². The Morgan fingerprint density at radius 2 is 1.78 bits per heavy atom. The normalized spacial score (nSPS) is 11.5. The maximum atomic E-state index is 12.6. The molecule has 0 spiro atoms. The molecule has 0 unspecified atom stereocenters. The third kappa shape index (κ3) is 4.50. The van der Waals surface area contributed by atoms with Crippen LogP contribution in [0.15, 0.2) is 61.4 Å². The Labute approximate surface area is 205 Å². The summed E-state index contributed by atoms with van der Waals surface area (Å²) in [6.07, 6.45) is 0. The van der Waals surface area contributed by atoms with E-state index in [1.807, 2.05) is 26.0 Å². The molecular formula is C21H18N3NaO6S. The van der Waals surface area contributed by atoms with Crippen LogP contribution in [0.2, 0.25) is 0 Å². The first-order valence-electron chi connectivity index (χ1n) is 9.54. The van der Waals surface area contributed by atoms with Crippen molar-refractivity contribution in [2.75, 3.05) is 18.0 Å². The molecule has 4 aromatic rings. The molecule has 0 amide bonds. The van der Waals surface area contributed by atoms with Crippen LogP contribution in [0.5, 0.6) is 0 Å². The first kappa shape index (κ1) is 24.1. The third-order valence-corrected chi connectivity index (χ3v) is 5.90. The van der Waals surface area contributed by atoms with Crippen molar-refractivity contribution in [2.45, 2.75) is 18.7 Å². The van der Waals surface area contributed by atoms with E-state index < -0.39 is 26.2 Å². The van der Waals surface area contributed by atoms with E-state index in [2.05, 4.69) is 14.9 Å². The largest absolute Gasteiger partial charge is 1.00 e. The van der Waals surface area contributed by atoms with E-state index >= 15 is 0 Å². The van der Waals surface area contributed by atoms with Gasteiger partial charge in [0.15, 0.2) is 0 Å². The van der Waals surface area contributed by atoms with Crippen LogP contribution >= 0.6 is 0 Å². The number of H-pyrrole nitrogens is 1. The van der Waals surface area contributed by atoms with Gasteiger partial charge in [0.25, 0.3) is 5.56 Å². The fourth-order valence-corrected chi connectivity index (χ4v) is 3.95. The van der Waals surface area contributed by atoms with Crippen molar-refractivity contribution in [3.05, 3.63) is 63.2 Å². The molecule has 0 aliphatic heterocycles. The molecule has 0 saturated heterocycles. The number of anilines is 1. The molecular weight excluding hydrogens is 445 g/mol. The molecule has 2 aromatic heterocycles. The minimum atomic E-state index is -4.72. The number of nitrogens with zero attached hydrogens (tertiary/aromatic N) is 2. The standard InChI is InChI=1S/C21H19N3O6S.Na/c1-3-24(4-2)13-6-5-12-9-16(21(26)30-18(12)10-13)19-22-17-8-7-14(31(27,28)29)11-15(17)20(25)23-19;/h5-11H,3-4H2,1-2H3,(H,22,23,25)(H,27,28,29);/q;+1/p-1. The van der Waals surface area contributed by atoms with Crippen LogP contribution in [0.3, 0.4) is 0 Å². The number of benzene rings is 2. The molecule has 2 heterocycles. The van der Waals surface area contributed by atoms with Crippen molar-refractivity contribution in [1.29, 1.82) is 0 Å². The van der Waals surface area contributed by atoms with Crippen LogP contribution in [0.4, 0.5) is 5.69 Å². The van der Waals surface area contributed by atoms with E-state index in [-0.39, 0.29) is 51.8 Å². The summed E-state index contributed by atoms with van der Waals surface area (Å²) in [6, 6.07) is 10.4. The Morgan fingerprint density at radius 3 is 2.44 bits per heavy atom. The average Bonchev–Trinajstić information content (AvgIpc) is 2.73. The van der Waals surface area contributed by atoms with E-state index in [1.54, 1.807) is 12.1 Å². The molecule has 0 bridgehead atoms. The van der Waals surface area contributed by atoms with Gasteiger partial charge in [0.2, 0.25) is 0 Å². The fourth-order valence-electron chi connectivity index (χ4n) is 3.45. The summed E-state index contributed by atoms with van der Waals surface area (Å²) in [4.78, 5) is 33.4. The van der Waals surface area contributed by atoms with Crippen molar-refractivity contribution < 1.29 is 46.9 Å². The Bertz CT molecular complexity index is 1540. The van der Waals surface area contributed by atoms with E-state index in [4.69, 9.17) is 4.42 Å². The van der Waals surface area contributed by atoms with Crippen molar-refractivity contribution in [3.8, 4) is 11.4 Å². The van der Waals surface area contributed by atoms with Crippen LogP contribution in [0.25, 0.3) is 33.3 Å². The number of nitrogens with one attached hydrogen (secondary N) is 1. The Kier molecular flexibility index (Phi) is 6.91. The summed E-state index contributed by atoms with van der Waals surface area (Å²) < 4.78 is 39.1. The molecule has 160 valence electrons. The maximum absolute atomic E-state index is 12.6. The quantitative estimate of drug-likeness (QED) is 0.237. The first-order chi connectivity index (χ1) is 14.7. The first-order valence-corrected chi connectivity index (χ1v) is 10.9. The van der Waals surface area contributed by atoms with Crippen LogP contribution in [0, 0.1) is 0 Å². The van der Waals surface area contributed by atoms with Gasteiger partial charge in [-0.1, -0.05) is 0 Å². The van der Waals surface area contributed by atoms with Gasteiger partial charge >= 0.3 is 35.2 Å². The van der Waals surface area contributed by atoms with Gasteiger partial charge in [-0.05, 0) is 50.2 Å². The monoisotopic (exact) mass is 463 g/mol. The number of aromatic amines is 1. The topological polar surface area (TPSA) is 136 Å². The van der Waals surface area contributed by atoms with Gasteiger partial charge in [0.05, 0.1) is 15.8 Å². The minimum Gasteiger partial charge on any atom is -0.744 e. The molecule has 9 nitrogen and oxygen atoms in total. The second kappa shape index (κ2) is 9.16. The van der Waals surface area contributed by atoms with Gasteiger partial charge in [-0.3, -0.25) is 4.79 Å². The fraction of sp³-hybridized carbons (Fsp3) is 0.190. The van der Waals surface area contributed by atoms with E-state index in [1.165, 1.54) is 6.07 Å². The summed E-state index contributed by atoms with van der Waals surface area (Å²) in [5.74, 6) is -0.0151. The van der Waals surface area contributed by atoms with Crippen LogP contribution in [-0.2, 0) is 10.1 Å². The molecule has 11 heteroatoms. The summed E-state index contributed by atoms with van der Waals surface area (Å²) in [7, 11) is -4.72. The Hall–Kier alpha value is -2.50. The Balaban J connectivity index is 0.00000289. The van der Waals surface area contributed by atoms with Crippen molar-refractivity contribution in [3.63, 3.8) is 0 Å². The predicted molar refractivity (Wildman–Crippen MR) is 115 cm³/mol. The van der Waals surface area contributed by atoms with Crippen molar-refractivity contribution in [1.82, 2.24) is 9.97 Å². The number of hydrogen-bond acceptors (Lipinski definition) is 8. The third-order valence-electron chi connectivity index (χ3n) is 5.07. The molecule has 0 saturated carbocycles. The second-order valence-electron chi connectivity index (χ2n) is 6.89. The van der Waals surface area contributed by atoms with Crippen LogP contribution in [0.1, 0.15) is 13.8 Å². The van der Waals surface area contributed by atoms with Crippen LogP contribution < -0.4 is 45.6 Å². The molecule has 0 radical (unpaired) electrons. The average molecular weight is 463 g/mol. The summed E-state index contributed by atoms with van der Waals surface area (Å²) in [5, 5.41) is 0.579. The zero-order valence-electron chi connectivity index (χ0n) is 17.7. The number of rotatable bonds is 5. The minimum absolute atomic E-state index is 0. The molecule has 4 rings (SSSR count). The molecule has 2 aromatic carbocycles. The summed E-state index contributed by atoms with van der Waals surface area (Å²) in [5.41, 5.74) is 0.179. The van der Waals surface area contributed by atoms with Crippen LogP contribution in [-0.4, -0.2) is 36.0 Å². The van der Waals surface area contributed by atoms with Gasteiger partial charge in [0.1, 0.15) is 27.1 Å². The SMILES string of the molecule is CCN(CC)c1ccc2cc(-c3nc4ccc(S(=O)(=O)[O-])cc4c(=O)[nH]3)c(=O)oc2c1.[Na+]. The number of hydrogen-bond donors (Lipinski definition) is 1. The van der Waals surface area contributed by atoms with E-state index in [9.17, 15) is 22.6 Å². The zero-order valence-corrected chi connectivity index (χ0v) is 20.5. The predicted octanol–water partition coefficient (Wildman–Crippen LogP) is -0.549. The molecule has 0 atom stereocenters. The van der Waals surface area contributed by atoms with Gasteiger partial charge < -0.3 is 18.9 Å². The van der Waals surface area contributed by atoms with E-state index in [0.29, 0.717) is 11.0 Å². The molecule has 1 N–H and O–H groups in total. The summed E-state index contributed by atoms with van der Waals surface area (Å²) in [6.45, 7) is 5.68. The molecule has 0 aliphatic carbocycles. The van der Waals surface area contributed by atoms with Crippen molar-refractivity contribution in [2.24, 2.45) is 0 Å². The number of fused-ring (bicyclic) bond motifs is 2. The Morgan fingerprint density at radius 1 is 1.06 bits per heavy atom. The van der Waals surface area contributed by atoms with Gasteiger partial charge in [-0.25, -0.2) is 18.2 Å². The smallest absolute Gasteiger partial charge is 0.744 e. The summed E-state index contributed by atoms with van der Waals surface area (Å²) >= 11 is 0. The van der Waals surface area contributed by atoms with E-state index in [0.717, 1.165) is 30.9 Å². The molecule has 0 fully saturated rings. The zero-order chi connectivity index (χ0) is 22.3. The second-order valence-corrected chi connectivity index (χ2v) is 8.27. The molecule has 0 aliphatic rings. The van der Waals surface area contributed by atoms with Crippen molar-refractivity contribution >= 4 is 37.7 Å².